The lowest BCUT2D eigenvalue weighted by atomic mass is 10.2. The monoisotopic (exact) mass is 322 g/mol. The third-order valence-corrected chi connectivity index (χ3v) is 3.98. The Hall–Kier alpha value is -2.15. The first-order valence-electron chi connectivity index (χ1n) is 6.96. The van der Waals surface area contributed by atoms with Crippen molar-refractivity contribution < 1.29 is 19.1 Å². The molecule has 0 saturated heterocycles. The van der Waals surface area contributed by atoms with E-state index in [0.29, 0.717) is 17.9 Å². The number of amides is 1. The van der Waals surface area contributed by atoms with Gasteiger partial charge in [-0.1, -0.05) is 0 Å². The summed E-state index contributed by atoms with van der Waals surface area (Å²) in [6.07, 6.45) is 1.91. The van der Waals surface area contributed by atoms with E-state index in [4.69, 9.17) is 9.52 Å². The van der Waals surface area contributed by atoms with Crippen molar-refractivity contribution in [2.24, 2.45) is 0 Å². The molecule has 2 aromatic heterocycles. The number of aromatic carboxylic acids is 1. The molecule has 0 aliphatic heterocycles. The van der Waals surface area contributed by atoms with Crippen LogP contribution in [-0.4, -0.2) is 22.0 Å². The number of aryl methyl sites for hydroxylation is 3. The molecule has 0 radical (unpaired) electrons. The minimum absolute atomic E-state index is 0.0853. The van der Waals surface area contributed by atoms with Crippen LogP contribution in [0.1, 0.15) is 45.4 Å². The van der Waals surface area contributed by atoms with Crippen molar-refractivity contribution in [1.82, 2.24) is 10.3 Å². The Balaban J connectivity index is 1.73. The summed E-state index contributed by atoms with van der Waals surface area (Å²) in [7, 11) is 0. The molecule has 7 heteroatoms. The van der Waals surface area contributed by atoms with E-state index < -0.39 is 5.97 Å². The van der Waals surface area contributed by atoms with Gasteiger partial charge in [-0.3, -0.25) is 4.79 Å². The predicted molar refractivity (Wildman–Crippen MR) is 82.0 cm³/mol. The van der Waals surface area contributed by atoms with Gasteiger partial charge >= 0.3 is 5.97 Å². The number of carbonyl (C=O) groups is 2. The van der Waals surface area contributed by atoms with Gasteiger partial charge in [0.2, 0.25) is 5.91 Å². The second-order valence-electron chi connectivity index (χ2n) is 4.98. The summed E-state index contributed by atoms with van der Waals surface area (Å²) in [5.74, 6) is -0.329. The lowest BCUT2D eigenvalue weighted by Crippen LogP contribution is -2.22. The second kappa shape index (κ2) is 7.22. The molecule has 0 aromatic carbocycles. The first-order chi connectivity index (χ1) is 10.5. The van der Waals surface area contributed by atoms with Gasteiger partial charge in [0.15, 0.2) is 0 Å². The van der Waals surface area contributed by atoms with Gasteiger partial charge in [0, 0.05) is 11.8 Å². The number of rotatable bonds is 7. The van der Waals surface area contributed by atoms with E-state index in [2.05, 4.69) is 10.3 Å². The molecule has 2 N–H and O–H groups in total. The van der Waals surface area contributed by atoms with Crippen LogP contribution in [0, 0.1) is 13.8 Å². The van der Waals surface area contributed by atoms with Gasteiger partial charge in [-0.15, -0.1) is 11.3 Å². The summed E-state index contributed by atoms with van der Waals surface area (Å²) in [6, 6.07) is 1.44. The molecule has 0 spiro atoms. The summed E-state index contributed by atoms with van der Waals surface area (Å²) >= 11 is 1.60. The van der Waals surface area contributed by atoms with Crippen molar-refractivity contribution in [1.29, 1.82) is 0 Å². The minimum atomic E-state index is -1.03. The smallest absolute Gasteiger partial charge is 0.339 e. The zero-order valence-electron chi connectivity index (χ0n) is 12.5. The van der Waals surface area contributed by atoms with E-state index >= 15 is 0 Å². The Kier molecular flexibility index (Phi) is 5.32. The Morgan fingerprint density at radius 1 is 1.41 bits per heavy atom. The zero-order valence-corrected chi connectivity index (χ0v) is 13.3. The number of aromatic nitrogens is 1. The van der Waals surface area contributed by atoms with E-state index in [9.17, 15) is 9.59 Å². The highest BCUT2D eigenvalue weighted by Gasteiger charge is 2.14. The van der Waals surface area contributed by atoms with Crippen LogP contribution in [0.4, 0.5) is 0 Å². The molecule has 2 rings (SSSR count). The lowest BCUT2D eigenvalue weighted by Gasteiger charge is -2.02. The standard InChI is InChI=1S/C15H18N2O4S/c1-9-13(15(19)20)6-12(21-9)7-16-14(18)5-3-4-11-8-22-10(2)17-11/h6,8H,3-5,7H2,1-2H3,(H,16,18)(H,19,20). The highest BCUT2D eigenvalue weighted by molar-refractivity contribution is 7.09. The quantitative estimate of drug-likeness (QED) is 0.817. The van der Waals surface area contributed by atoms with E-state index in [-0.39, 0.29) is 18.0 Å². The van der Waals surface area contributed by atoms with Crippen LogP contribution in [0.3, 0.4) is 0 Å². The van der Waals surface area contributed by atoms with Crippen LogP contribution >= 0.6 is 11.3 Å². The van der Waals surface area contributed by atoms with Crippen LogP contribution in [-0.2, 0) is 17.8 Å². The highest BCUT2D eigenvalue weighted by Crippen LogP contribution is 2.14. The molecule has 0 unspecified atom stereocenters. The molecule has 0 bridgehead atoms. The molecule has 6 nitrogen and oxygen atoms in total. The van der Waals surface area contributed by atoms with Crippen LogP contribution in [0.2, 0.25) is 0 Å². The fraction of sp³-hybridized carbons (Fsp3) is 0.400. The first-order valence-corrected chi connectivity index (χ1v) is 7.84. The van der Waals surface area contributed by atoms with Crippen molar-refractivity contribution in [3.05, 3.63) is 39.2 Å². The number of thiazole rings is 1. The van der Waals surface area contributed by atoms with Crippen molar-refractivity contribution in [3.8, 4) is 0 Å². The van der Waals surface area contributed by atoms with E-state index in [1.165, 1.54) is 6.07 Å². The molecule has 0 saturated carbocycles. The van der Waals surface area contributed by atoms with Crippen molar-refractivity contribution in [3.63, 3.8) is 0 Å². The van der Waals surface area contributed by atoms with E-state index in [1.807, 2.05) is 12.3 Å². The van der Waals surface area contributed by atoms with Crippen molar-refractivity contribution in [2.45, 2.75) is 39.7 Å². The van der Waals surface area contributed by atoms with Gasteiger partial charge in [-0.25, -0.2) is 9.78 Å². The molecular weight excluding hydrogens is 304 g/mol. The number of carboxylic acid groups (broad SMARTS) is 1. The van der Waals surface area contributed by atoms with E-state index in [0.717, 1.165) is 23.5 Å². The molecule has 0 atom stereocenters. The summed E-state index contributed by atoms with van der Waals surface area (Å²) in [5, 5.41) is 14.7. The second-order valence-corrected chi connectivity index (χ2v) is 6.04. The zero-order chi connectivity index (χ0) is 16.1. The van der Waals surface area contributed by atoms with Gasteiger partial charge in [0.1, 0.15) is 17.1 Å². The largest absolute Gasteiger partial charge is 0.478 e. The first kappa shape index (κ1) is 16.2. The summed E-state index contributed by atoms with van der Waals surface area (Å²) in [4.78, 5) is 27.0. The molecule has 2 heterocycles. The summed E-state index contributed by atoms with van der Waals surface area (Å²) < 4.78 is 5.30. The van der Waals surface area contributed by atoms with Gasteiger partial charge in [0.05, 0.1) is 17.2 Å². The maximum absolute atomic E-state index is 11.8. The SMILES string of the molecule is Cc1nc(CCCC(=O)NCc2cc(C(=O)O)c(C)o2)cs1. The normalized spacial score (nSPS) is 10.6. The Morgan fingerprint density at radius 3 is 2.77 bits per heavy atom. The van der Waals surface area contributed by atoms with Gasteiger partial charge in [-0.2, -0.15) is 0 Å². The fourth-order valence-electron chi connectivity index (χ4n) is 2.07. The topological polar surface area (TPSA) is 92.4 Å². The van der Waals surface area contributed by atoms with E-state index in [1.54, 1.807) is 18.3 Å². The molecule has 1 amide bonds. The van der Waals surface area contributed by atoms with Gasteiger partial charge in [0.25, 0.3) is 0 Å². The third kappa shape index (κ3) is 4.42. The molecule has 0 aliphatic carbocycles. The number of nitrogens with zero attached hydrogens (tertiary/aromatic N) is 1. The Bertz CT molecular complexity index is 675. The maximum Gasteiger partial charge on any atom is 0.339 e. The van der Waals surface area contributed by atoms with Crippen LogP contribution < -0.4 is 5.32 Å². The number of hydrogen-bond acceptors (Lipinski definition) is 5. The minimum Gasteiger partial charge on any atom is -0.478 e. The van der Waals surface area contributed by atoms with Crippen molar-refractivity contribution in [2.75, 3.05) is 0 Å². The molecule has 22 heavy (non-hydrogen) atoms. The molecule has 0 fully saturated rings. The van der Waals surface area contributed by atoms with Crippen LogP contribution in [0.25, 0.3) is 0 Å². The van der Waals surface area contributed by atoms with Crippen LogP contribution in [0.5, 0.6) is 0 Å². The van der Waals surface area contributed by atoms with Gasteiger partial charge < -0.3 is 14.8 Å². The van der Waals surface area contributed by atoms with Crippen molar-refractivity contribution >= 4 is 23.2 Å². The maximum atomic E-state index is 11.8. The van der Waals surface area contributed by atoms with Crippen LogP contribution in [0.15, 0.2) is 15.9 Å². The number of nitrogens with one attached hydrogen (secondary N) is 1. The number of furan rings is 1. The number of carbonyl (C=O) groups excluding carboxylic acids is 1. The van der Waals surface area contributed by atoms with Gasteiger partial charge in [-0.05, 0) is 32.8 Å². The molecular formula is C15H18N2O4S. The molecule has 0 aliphatic rings. The Labute approximate surface area is 132 Å². The molecule has 2 aromatic rings. The predicted octanol–water partition coefficient (Wildman–Crippen LogP) is 2.69. The lowest BCUT2D eigenvalue weighted by molar-refractivity contribution is -0.121. The third-order valence-electron chi connectivity index (χ3n) is 3.16. The average Bonchev–Trinajstić information content (AvgIpc) is 3.02. The number of hydrogen-bond donors (Lipinski definition) is 2. The highest BCUT2D eigenvalue weighted by atomic mass is 32.1. The molecule has 118 valence electrons. The fourth-order valence-corrected chi connectivity index (χ4v) is 2.72. The number of carboxylic acids is 1. The average molecular weight is 322 g/mol. The Morgan fingerprint density at radius 2 is 2.18 bits per heavy atom. The summed E-state index contributed by atoms with van der Waals surface area (Å²) in [5.41, 5.74) is 1.14. The summed E-state index contributed by atoms with van der Waals surface area (Å²) in [6.45, 7) is 3.74.